The molecule has 0 aromatic carbocycles. The van der Waals surface area contributed by atoms with Gasteiger partial charge >= 0.3 is 29.6 Å². The Morgan fingerprint density at radius 2 is 2.27 bits per heavy atom. The van der Waals surface area contributed by atoms with Crippen LogP contribution < -0.4 is 34.7 Å². The van der Waals surface area contributed by atoms with Gasteiger partial charge in [-0.05, 0) is 19.1 Å². The molecule has 0 spiro atoms. The third kappa shape index (κ3) is 10.7. The van der Waals surface area contributed by atoms with Gasteiger partial charge in [-0.25, -0.2) is 0 Å². The predicted octanol–water partition coefficient (Wildman–Crippen LogP) is -3.21. The number of carboxylic acid groups (broad SMARTS) is 1. The summed E-state index contributed by atoms with van der Waals surface area (Å²) in [6, 6.07) is 0. The van der Waals surface area contributed by atoms with Crippen molar-refractivity contribution >= 4 is 34.3 Å². The fourth-order valence-electron chi connectivity index (χ4n) is 0.277. The Hall–Kier alpha value is 0.710. The van der Waals surface area contributed by atoms with Crippen LogP contribution >= 0.6 is 24.0 Å². The quantitative estimate of drug-likeness (QED) is 0.356. The van der Waals surface area contributed by atoms with Crippen molar-refractivity contribution in [2.45, 2.75) is 6.92 Å². The molecule has 0 aromatic rings. The second-order valence-corrected chi connectivity index (χ2v) is 2.92. The first kappa shape index (κ1) is 14.2. The van der Waals surface area contributed by atoms with Crippen LogP contribution in [0.25, 0.3) is 0 Å². The Kier molecular flexibility index (Phi) is 11.4. The molecule has 0 radical (unpaired) electrons. The third-order valence-electron chi connectivity index (χ3n) is 0.570. The van der Waals surface area contributed by atoms with Crippen molar-refractivity contribution in [2.24, 2.45) is 0 Å². The van der Waals surface area contributed by atoms with Gasteiger partial charge in [0.1, 0.15) is 0 Å². The number of hydrogen-bond donors (Lipinski definition) is 0. The van der Waals surface area contributed by atoms with Crippen molar-refractivity contribution in [3.63, 3.8) is 0 Å². The predicted molar refractivity (Wildman–Crippen MR) is 41.7 cm³/mol. The normalized spacial score (nSPS) is 8.09. The van der Waals surface area contributed by atoms with E-state index in [2.05, 4.69) is 12.2 Å². The largest absolute Gasteiger partial charge is 1.00 e. The van der Waals surface area contributed by atoms with E-state index in [1.807, 2.05) is 0 Å². The molecule has 58 valence electrons. The molecular formula is C5H7NaO3S2. The summed E-state index contributed by atoms with van der Waals surface area (Å²) in [4.78, 5) is 9.86. The standard InChI is InChI=1S/C5H8O3S2.Na/c1-2-8-5(9)10-3-4(6)7;/h2-3H2,1H3,(H,6,7);/q;+1/p-1. The number of carbonyl (C=O) groups is 1. The molecule has 0 N–H and O–H groups in total. The molecular weight excluding hydrogens is 195 g/mol. The minimum absolute atomic E-state index is 0. The van der Waals surface area contributed by atoms with Crippen molar-refractivity contribution in [3.05, 3.63) is 0 Å². The molecule has 11 heavy (non-hydrogen) atoms. The molecule has 3 nitrogen and oxygen atoms in total. The minimum atomic E-state index is -1.13. The van der Waals surface area contributed by atoms with E-state index in [-0.39, 0.29) is 39.7 Å². The van der Waals surface area contributed by atoms with E-state index in [1.54, 1.807) is 6.92 Å². The molecule has 0 unspecified atom stereocenters. The molecule has 0 saturated heterocycles. The van der Waals surface area contributed by atoms with Crippen molar-refractivity contribution in [1.82, 2.24) is 0 Å². The molecule has 6 heteroatoms. The Morgan fingerprint density at radius 3 is 2.64 bits per heavy atom. The van der Waals surface area contributed by atoms with E-state index in [4.69, 9.17) is 4.74 Å². The number of thioether (sulfide) groups is 1. The summed E-state index contributed by atoms with van der Waals surface area (Å²) in [5.41, 5.74) is 0. The minimum Gasteiger partial charge on any atom is -0.549 e. The summed E-state index contributed by atoms with van der Waals surface area (Å²) in [6.45, 7) is 2.25. The molecule has 0 aliphatic carbocycles. The Balaban J connectivity index is 0. The summed E-state index contributed by atoms with van der Waals surface area (Å²) in [7, 11) is 0. The fourth-order valence-corrected chi connectivity index (χ4v) is 1.01. The van der Waals surface area contributed by atoms with Crippen LogP contribution in [0.1, 0.15) is 6.92 Å². The van der Waals surface area contributed by atoms with Gasteiger partial charge in [-0.2, -0.15) is 0 Å². The van der Waals surface area contributed by atoms with Crippen LogP contribution in [-0.4, -0.2) is 22.7 Å². The van der Waals surface area contributed by atoms with Crippen molar-refractivity contribution in [2.75, 3.05) is 12.4 Å². The zero-order valence-electron chi connectivity index (χ0n) is 6.46. The van der Waals surface area contributed by atoms with Gasteiger partial charge in [0.05, 0.1) is 12.6 Å². The zero-order chi connectivity index (χ0) is 7.98. The molecule has 0 aromatic heterocycles. The van der Waals surface area contributed by atoms with E-state index < -0.39 is 5.97 Å². The van der Waals surface area contributed by atoms with Gasteiger partial charge in [-0.15, -0.1) is 0 Å². The average molecular weight is 202 g/mol. The average Bonchev–Trinajstić information content (AvgIpc) is 1.85. The molecule has 0 aliphatic rings. The van der Waals surface area contributed by atoms with Gasteiger partial charge in [0, 0.05) is 5.75 Å². The molecule has 0 amide bonds. The molecule has 0 rings (SSSR count). The van der Waals surface area contributed by atoms with Gasteiger partial charge in [-0.3, -0.25) is 0 Å². The summed E-state index contributed by atoms with van der Waals surface area (Å²) < 4.78 is 5.05. The van der Waals surface area contributed by atoms with Gasteiger partial charge in [0.25, 0.3) is 0 Å². The Bertz CT molecular complexity index is 140. The SMILES string of the molecule is CCOC(=S)SCC(=O)[O-].[Na+]. The summed E-state index contributed by atoms with van der Waals surface area (Å²) in [5.74, 6) is -1.27. The molecule has 0 heterocycles. The summed E-state index contributed by atoms with van der Waals surface area (Å²) >= 11 is 5.58. The number of carboxylic acids is 1. The topological polar surface area (TPSA) is 49.4 Å². The number of hydrogen-bond acceptors (Lipinski definition) is 5. The zero-order valence-corrected chi connectivity index (χ0v) is 10.1. The van der Waals surface area contributed by atoms with Crippen molar-refractivity contribution < 1.29 is 44.2 Å². The van der Waals surface area contributed by atoms with Crippen LogP contribution in [0, 0.1) is 0 Å². The third-order valence-corrected chi connectivity index (χ3v) is 1.78. The van der Waals surface area contributed by atoms with Crippen LogP contribution in [0.4, 0.5) is 0 Å². The second-order valence-electron chi connectivity index (χ2n) is 1.34. The van der Waals surface area contributed by atoms with Gasteiger partial charge in [0.15, 0.2) is 0 Å². The molecule has 0 fully saturated rings. The first-order chi connectivity index (χ1) is 4.66. The number of carbonyl (C=O) groups excluding carboxylic acids is 1. The number of thiocarbonyl (C=S) groups is 1. The molecule has 0 saturated carbocycles. The summed E-state index contributed by atoms with van der Waals surface area (Å²) in [6.07, 6.45) is 0. The van der Waals surface area contributed by atoms with Crippen molar-refractivity contribution in [1.29, 1.82) is 0 Å². The van der Waals surface area contributed by atoms with E-state index in [0.717, 1.165) is 11.8 Å². The van der Waals surface area contributed by atoms with Gasteiger partial charge < -0.3 is 14.6 Å². The maximum Gasteiger partial charge on any atom is 1.00 e. The van der Waals surface area contributed by atoms with Gasteiger partial charge in [-0.1, -0.05) is 11.8 Å². The number of aliphatic carboxylic acids is 1. The first-order valence-corrected chi connectivity index (χ1v) is 4.05. The van der Waals surface area contributed by atoms with E-state index in [0.29, 0.717) is 6.61 Å². The Morgan fingerprint density at radius 1 is 1.73 bits per heavy atom. The van der Waals surface area contributed by atoms with Crippen LogP contribution in [0.5, 0.6) is 0 Å². The monoisotopic (exact) mass is 202 g/mol. The number of ether oxygens (including phenoxy) is 1. The van der Waals surface area contributed by atoms with Crippen LogP contribution in [-0.2, 0) is 9.53 Å². The van der Waals surface area contributed by atoms with E-state index in [9.17, 15) is 9.90 Å². The molecule has 0 atom stereocenters. The van der Waals surface area contributed by atoms with Crippen LogP contribution in [0.2, 0.25) is 0 Å². The first-order valence-electron chi connectivity index (χ1n) is 2.66. The van der Waals surface area contributed by atoms with Gasteiger partial charge in [0.2, 0.25) is 4.38 Å². The van der Waals surface area contributed by atoms with Crippen LogP contribution in [0.15, 0.2) is 0 Å². The smallest absolute Gasteiger partial charge is 0.549 e. The molecule has 0 aliphatic heterocycles. The van der Waals surface area contributed by atoms with Crippen molar-refractivity contribution in [3.8, 4) is 0 Å². The maximum atomic E-state index is 9.86. The maximum absolute atomic E-state index is 9.86. The number of rotatable bonds is 3. The van der Waals surface area contributed by atoms with Crippen LogP contribution in [0.3, 0.4) is 0 Å². The molecule has 0 bridgehead atoms. The fraction of sp³-hybridized carbons (Fsp3) is 0.600. The second kappa shape index (κ2) is 8.80. The van der Waals surface area contributed by atoms with E-state index >= 15 is 0 Å². The summed E-state index contributed by atoms with van der Waals surface area (Å²) in [5, 5.41) is 9.86. The Labute approximate surface area is 97.2 Å². The van der Waals surface area contributed by atoms with E-state index in [1.165, 1.54) is 0 Å².